The highest BCUT2D eigenvalue weighted by Crippen LogP contribution is 2.49. The molecule has 1 aromatic carbocycles. The summed E-state index contributed by atoms with van der Waals surface area (Å²) in [5, 5.41) is 0. The van der Waals surface area contributed by atoms with E-state index >= 15 is 0 Å². The van der Waals surface area contributed by atoms with Gasteiger partial charge in [0.25, 0.3) is 0 Å². The van der Waals surface area contributed by atoms with Gasteiger partial charge in [0.05, 0.1) is 29.7 Å². The van der Waals surface area contributed by atoms with Gasteiger partial charge >= 0.3 is 12.1 Å². The number of rotatable bonds is 7. The first kappa shape index (κ1) is 25.3. The Morgan fingerprint density at radius 1 is 1.08 bits per heavy atom. The van der Waals surface area contributed by atoms with Gasteiger partial charge in [-0.3, -0.25) is 4.79 Å². The number of nitrogens with zero attached hydrogens (tertiary/aromatic N) is 3. The van der Waals surface area contributed by atoms with Crippen molar-refractivity contribution in [3.63, 3.8) is 0 Å². The van der Waals surface area contributed by atoms with Gasteiger partial charge in [-0.1, -0.05) is 24.3 Å². The lowest BCUT2D eigenvalue weighted by Crippen LogP contribution is -2.45. The van der Waals surface area contributed by atoms with Crippen molar-refractivity contribution in [2.45, 2.75) is 45.5 Å². The number of carbonyl (C=O) groups excluding carboxylic acids is 1. The van der Waals surface area contributed by atoms with Gasteiger partial charge in [0.15, 0.2) is 18.9 Å². The van der Waals surface area contributed by atoms with Crippen LogP contribution in [0.1, 0.15) is 43.4 Å². The zero-order valence-electron chi connectivity index (χ0n) is 20.2. The molecular formula is C27H27F3N3O3+. The number of benzene rings is 1. The molecule has 0 spiro atoms. The van der Waals surface area contributed by atoms with Gasteiger partial charge in [0.2, 0.25) is 5.88 Å². The summed E-state index contributed by atoms with van der Waals surface area (Å²) in [7, 11) is 0. The third-order valence-corrected chi connectivity index (χ3v) is 5.81. The second-order valence-electron chi connectivity index (χ2n) is 8.66. The SMILES string of the molecule is CCOC(=O)C1C(C[n+]2ccccc2)=Nc2ccnc(OC(C)C)c2C1c1ccccc1C(F)(F)F. The molecule has 0 N–H and O–H groups in total. The molecule has 3 aromatic rings. The lowest BCUT2D eigenvalue weighted by Gasteiger charge is -2.33. The predicted molar refractivity (Wildman–Crippen MR) is 127 cm³/mol. The number of aliphatic imine (C=N–C) groups is 1. The second-order valence-corrected chi connectivity index (χ2v) is 8.66. The largest absolute Gasteiger partial charge is 0.475 e. The van der Waals surface area contributed by atoms with E-state index in [9.17, 15) is 18.0 Å². The van der Waals surface area contributed by atoms with Gasteiger partial charge < -0.3 is 9.47 Å². The van der Waals surface area contributed by atoms with Crippen molar-refractivity contribution in [3.8, 4) is 5.88 Å². The summed E-state index contributed by atoms with van der Waals surface area (Å²) >= 11 is 0. The molecule has 6 nitrogen and oxygen atoms in total. The number of pyridine rings is 2. The fourth-order valence-corrected chi connectivity index (χ4v) is 4.46. The van der Waals surface area contributed by atoms with Crippen LogP contribution in [0.15, 0.2) is 72.1 Å². The zero-order chi connectivity index (χ0) is 25.9. The summed E-state index contributed by atoms with van der Waals surface area (Å²) in [5.74, 6) is -2.70. The second kappa shape index (κ2) is 10.5. The normalized spacial score (nSPS) is 17.4. The Kier molecular flexibility index (Phi) is 7.37. The Labute approximate surface area is 207 Å². The van der Waals surface area contributed by atoms with Crippen LogP contribution in [0.25, 0.3) is 0 Å². The Morgan fingerprint density at radius 2 is 1.81 bits per heavy atom. The first-order chi connectivity index (χ1) is 17.2. The van der Waals surface area contributed by atoms with E-state index < -0.39 is 29.5 Å². The predicted octanol–water partition coefficient (Wildman–Crippen LogP) is 5.27. The summed E-state index contributed by atoms with van der Waals surface area (Å²) in [4.78, 5) is 22.5. The van der Waals surface area contributed by atoms with Crippen molar-refractivity contribution in [2.24, 2.45) is 10.9 Å². The molecule has 3 heterocycles. The molecule has 4 rings (SSSR count). The Morgan fingerprint density at radius 3 is 2.47 bits per heavy atom. The van der Waals surface area contributed by atoms with Crippen molar-refractivity contribution < 1.29 is 32.0 Å². The highest BCUT2D eigenvalue weighted by atomic mass is 19.4. The third-order valence-electron chi connectivity index (χ3n) is 5.81. The van der Waals surface area contributed by atoms with Crippen molar-refractivity contribution >= 4 is 17.4 Å². The molecule has 0 fully saturated rings. The number of carbonyl (C=O) groups is 1. The summed E-state index contributed by atoms with van der Waals surface area (Å²) < 4.78 is 55.8. The molecule has 1 aliphatic heterocycles. The van der Waals surface area contributed by atoms with Crippen molar-refractivity contribution in [3.05, 3.63) is 83.8 Å². The maximum atomic E-state index is 14.2. The van der Waals surface area contributed by atoms with Crippen LogP contribution in [0, 0.1) is 5.92 Å². The van der Waals surface area contributed by atoms with E-state index in [0.717, 1.165) is 6.07 Å². The van der Waals surface area contributed by atoms with Crippen LogP contribution in [-0.2, 0) is 22.3 Å². The molecule has 0 aliphatic carbocycles. The van der Waals surface area contributed by atoms with Crippen LogP contribution in [0.4, 0.5) is 18.9 Å². The van der Waals surface area contributed by atoms with Crippen LogP contribution >= 0.6 is 0 Å². The van der Waals surface area contributed by atoms with Crippen LogP contribution in [0.2, 0.25) is 0 Å². The summed E-state index contributed by atoms with van der Waals surface area (Å²) in [6.07, 6.45) is 0.177. The molecule has 2 atom stereocenters. The van der Waals surface area contributed by atoms with Crippen molar-refractivity contribution in [2.75, 3.05) is 6.61 Å². The molecule has 0 bridgehead atoms. The van der Waals surface area contributed by atoms with E-state index in [4.69, 9.17) is 14.5 Å². The van der Waals surface area contributed by atoms with E-state index in [-0.39, 0.29) is 30.7 Å². The van der Waals surface area contributed by atoms with E-state index in [0.29, 0.717) is 17.0 Å². The van der Waals surface area contributed by atoms with Gasteiger partial charge in [-0.05, 0) is 38.5 Å². The van der Waals surface area contributed by atoms with Gasteiger partial charge in [-0.25, -0.2) is 9.98 Å². The van der Waals surface area contributed by atoms with E-state index in [1.807, 2.05) is 22.8 Å². The molecule has 188 valence electrons. The van der Waals surface area contributed by atoms with Crippen LogP contribution in [0.5, 0.6) is 5.88 Å². The molecular weight excluding hydrogens is 471 g/mol. The lowest BCUT2D eigenvalue weighted by atomic mass is 9.74. The Balaban J connectivity index is 2.01. The molecule has 0 amide bonds. The van der Waals surface area contributed by atoms with Gasteiger partial charge in [-0.15, -0.1) is 0 Å². The van der Waals surface area contributed by atoms with Gasteiger partial charge in [-0.2, -0.15) is 17.7 Å². The molecule has 9 heteroatoms. The topological polar surface area (TPSA) is 64.7 Å². The van der Waals surface area contributed by atoms with Gasteiger partial charge in [0.1, 0.15) is 5.92 Å². The third kappa shape index (κ3) is 5.24. The minimum Gasteiger partial charge on any atom is -0.475 e. The van der Waals surface area contributed by atoms with Crippen molar-refractivity contribution in [1.82, 2.24) is 4.98 Å². The number of halogens is 3. The Bertz CT molecular complexity index is 1260. The Hall–Kier alpha value is -3.75. The number of fused-ring (bicyclic) bond motifs is 1. The minimum absolute atomic E-state index is 0.0589. The first-order valence-electron chi connectivity index (χ1n) is 11.7. The fraction of sp³-hybridized carbons (Fsp3) is 0.333. The first-order valence-corrected chi connectivity index (χ1v) is 11.7. The molecule has 2 aromatic heterocycles. The summed E-state index contributed by atoms with van der Waals surface area (Å²) in [6, 6.07) is 12.4. The molecule has 0 saturated heterocycles. The number of alkyl halides is 3. The number of ether oxygens (including phenoxy) is 2. The maximum absolute atomic E-state index is 14.2. The summed E-state index contributed by atoms with van der Waals surface area (Å²) in [6.45, 7) is 5.52. The average molecular weight is 499 g/mol. The number of esters is 1. The molecule has 0 radical (unpaired) electrons. The van der Waals surface area contributed by atoms with Crippen LogP contribution < -0.4 is 9.30 Å². The smallest absolute Gasteiger partial charge is 0.416 e. The van der Waals surface area contributed by atoms with Gasteiger partial charge in [0, 0.05) is 29.8 Å². The molecule has 0 saturated carbocycles. The minimum atomic E-state index is -4.64. The number of aromatic nitrogens is 2. The average Bonchev–Trinajstić information content (AvgIpc) is 2.83. The quantitative estimate of drug-likeness (QED) is 0.329. The highest BCUT2D eigenvalue weighted by Gasteiger charge is 2.47. The molecule has 36 heavy (non-hydrogen) atoms. The lowest BCUT2D eigenvalue weighted by molar-refractivity contribution is -0.682. The monoisotopic (exact) mass is 498 g/mol. The summed E-state index contributed by atoms with van der Waals surface area (Å²) in [5.41, 5.74) is 0.248. The van der Waals surface area contributed by atoms with Crippen molar-refractivity contribution in [1.29, 1.82) is 0 Å². The van der Waals surface area contributed by atoms with Crippen LogP contribution in [-0.4, -0.2) is 29.4 Å². The molecule has 2 unspecified atom stereocenters. The molecule has 1 aliphatic rings. The number of hydrogen-bond donors (Lipinski definition) is 0. The standard InChI is InChI=1S/C27H27F3N3O3/c1-4-35-26(34)24-21(16-33-14-8-5-9-15-33)32-20-12-13-31-25(36-17(2)3)23(20)22(24)18-10-6-7-11-19(18)27(28,29)30/h5-15,17,22,24H,4,16H2,1-3H3/q+1. The van der Waals surface area contributed by atoms with E-state index in [2.05, 4.69) is 4.98 Å². The maximum Gasteiger partial charge on any atom is 0.416 e. The van der Waals surface area contributed by atoms with E-state index in [1.165, 1.54) is 24.4 Å². The number of hydrogen-bond acceptors (Lipinski definition) is 5. The zero-order valence-corrected chi connectivity index (χ0v) is 20.2. The highest BCUT2D eigenvalue weighted by molar-refractivity contribution is 6.06. The van der Waals surface area contributed by atoms with Crippen LogP contribution in [0.3, 0.4) is 0 Å². The van der Waals surface area contributed by atoms with E-state index in [1.54, 1.807) is 39.2 Å². The fourth-order valence-electron chi connectivity index (χ4n) is 4.46.